The summed E-state index contributed by atoms with van der Waals surface area (Å²) in [7, 11) is 1.30. The van der Waals surface area contributed by atoms with Gasteiger partial charge in [0.15, 0.2) is 5.16 Å². The number of allylic oxidation sites excluding steroid dienone is 1. The van der Waals surface area contributed by atoms with Crippen LogP contribution in [0.25, 0.3) is 0 Å². The Kier molecular flexibility index (Phi) is 6.96. The number of rotatable bonds is 7. The van der Waals surface area contributed by atoms with Crippen molar-refractivity contribution in [1.82, 2.24) is 9.97 Å². The second-order valence-corrected chi connectivity index (χ2v) is 7.67. The molecule has 0 saturated heterocycles. The van der Waals surface area contributed by atoms with Gasteiger partial charge in [0.25, 0.3) is 5.56 Å². The van der Waals surface area contributed by atoms with Crippen molar-refractivity contribution in [2.45, 2.75) is 24.9 Å². The van der Waals surface area contributed by atoms with Crippen LogP contribution in [-0.2, 0) is 14.3 Å². The Labute approximate surface area is 183 Å². The lowest BCUT2D eigenvalue weighted by Gasteiger charge is -2.28. The second-order valence-electron chi connectivity index (χ2n) is 6.66. The van der Waals surface area contributed by atoms with E-state index in [0.717, 1.165) is 0 Å². The summed E-state index contributed by atoms with van der Waals surface area (Å²) in [5.74, 6) is -0.745. The Hall–Kier alpha value is -3.33. The highest BCUT2D eigenvalue weighted by molar-refractivity contribution is 7.99. The van der Waals surface area contributed by atoms with E-state index in [4.69, 9.17) is 9.47 Å². The molecule has 8 nitrogen and oxygen atoms in total. The van der Waals surface area contributed by atoms with Crippen LogP contribution in [0.15, 0.2) is 58.1 Å². The number of H-pyrrole nitrogens is 1. The van der Waals surface area contributed by atoms with E-state index in [9.17, 15) is 14.4 Å². The number of methoxy groups -OCH3 is 1. The van der Waals surface area contributed by atoms with Gasteiger partial charge in [0.05, 0.1) is 36.3 Å². The van der Waals surface area contributed by atoms with Crippen LogP contribution in [0.5, 0.6) is 0 Å². The van der Waals surface area contributed by atoms with Gasteiger partial charge in [-0.3, -0.25) is 4.79 Å². The summed E-state index contributed by atoms with van der Waals surface area (Å²) >= 11 is 1.34. The molecular weight excluding hydrogens is 418 g/mol. The summed E-state index contributed by atoms with van der Waals surface area (Å²) in [6, 6.07) is 6.57. The molecule has 9 heteroatoms. The summed E-state index contributed by atoms with van der Waals surface area (Å²) in [6.45, 7) is 7.33. The Balaban J connectivity index is 2.17. The van der Waals surface area contributed by atoms with Crippen LogP contribution in [0, 0.1) is 0 Å². The second kappa shape index (κ2) is 9.65. The van der Waals surface area contributed by atoms with E-state index < -0.39 is 17.9 Å². The molecule has 31 heavy (non-hydrogen) atoms. The number of hydrogen-bond acceptors (Lipinski definition) is 8. The van der Waals surface area contributed by atoms with Gasteiger partial charge in [-0.05, 0) is 31.5 Å². The molecule has 1 aliphatic heterocycles. The van der Waals surface area contributed by atoms with Crippen LogP contribution in [0.4, 0.5) is 5.82 Å². The van der Waals surface area contributed by atoms with Crippen molar-refractivity contribution < 1.29 is 19.1 Å². The highest BCUT2D eigenvalue weighted by Gasteiger charge is 2.36. The third-order valence-electron chi connectivity index (χ3n) is 4.72. The van der Waals surface area contributed by atoms with E-state index >= 15 is 0 Å². The maximum absolute atomic E-state index is 13.1. The fourth-order valence-electron chi connectivity index (χ4n) is 3.38. The Morgan fingerprint density at radius 3 is 2.58 bits per heavy atom. The number of hydrogen-bond donors (Lipinski definition) is 2. The van der Waals surface area contributed by atoms with E-state index in [1.54, 1.807) is 44.2 Å². The Morgan fingerprint density at radius 2 is 1.97 bits per heavy atom. The largest absolute Gasteiger partial charge is 0.465 e. The van der Waals surface area contributed by atoms with E-state index in [0.29, 0.717) is 44.7 Å². The highest BCUT2D eigenvalue weighted by atomic mass is 32.2. The number of anilines is 1. The van der Waals surface area contributed by atoms with Gasteiger partial charge in [0.1, 0.15) is 5.82 Å². The molecule has 1 atom stereocenters. The number of benzene rings is 1. The molecule has 1 aromatic heterocycles. The lowest BCUT2D eigenvalue weighted by molar-refractivity contribution is -0.138. The zero-order valence-corrected chi connectivity index (χ0v) is 18.3. The highest BCUT2D eigenvalue weighted by Crippen LogP contribution is 2.40. The number of aromatic amines is 1. The van der Waals surface area contributed by atoms with Crippen LogP contribution in [0.2, 0.25) is 0 Å². The predicted molar refractivity (Wildman–Crippen MR) is 118 cm³/mol. The van der Waals surface area contributed by atoms with E-state index in [1.165, 1.54) is 18.9 Å². The number of fused-ring (bicyclic) bond motifs is 1. The molecule has 0 amide bonds. The first-order chi connectivity index (χ1) is 14.9. The smallest absolute Gasteiger partial charge is 0.337 e. The minimum absolute atomic E-state index is 0.197. The fraction of sp³-hybridized carbons (Fsp3) is 0.273. The van der Waals surface area contributed by atoms with Crippen molar-refractivity contribution in [1.29, 1.82) is 0 Å². The molecule has 0 spiro atoms. The first kappa shape index (κ1) is 22.4. The first-order valence-corrected chi connectivity index (χ1v) is 10.6. The molecule has 2 aromatic rings. The molecule has 0 bridgehead atoms. The number of carbonyl (C=O) groups excluding carboxylic acids is 2. The first-order valence-electron chi connectivity index (χ1n) is 9.62. The maximum atomic E-state index is 13.1. The molecule has 1 aliphatic rings. The van der Waals surface area contributed by atoms with E-state index in [-0.39, 0.29) is 12.2 Å². The Bertz CT molecular complexity index is 1110. The van der Waals surface area contributed by atoms with Crippen LogP contribution in [0.3, 0.4) is 0 Å². The van der Waals surface area contributed by atoms with Gasteiger partial charge in [-0.15, -0.1) is 6.58 Å². The van der Waals surface area contributed by atoms with Gasteiger partial charge in [-0.25, -0.2) is 14.6 Å². The van der Waals surface area contributed by atoms with Crippen molar-refractivity contribution in [3.05, 3.63) is 75.2 Å². The van der Waals surface area contributed by atoms with E-state index in [1.807, 2.05) is 0 Å². The molecule has 0 aliphatic carbocycles. The summed E-state index contributed by atoms with van der Waals surface area (Å²) in [6.07, 6.45) is 1.72. The molecule has 1 aromatic carbocycles. The molecular formula is C22H23N3O5S. The number of esters is 2. The molecule has 162 valence electrons. The SMILES string of the molecule is C=CCSc1nc2c(c(=O)[nH]1)[C@@H](c1ccc(C(=O)OC)cc1)C(C(=O)OCC)=C(C)N2. The molecule has 2 heterocycles. The predicted octanol–water partition coefficient (Wildman–Crippen LogP) is 3.23. The third-order valence-corrected chi connectivity index (χ3v) is 5.59. The minimum atomic E-state index is -0.711. The zero-order valence-electron chi connectivity index (χ0n) is 17.5. The minimum Gasteiger partial charge on any atom is -0.465 e. The van der Waals surface area contributed by atoms with Gasteiger partial charge in [-0.2, -0.15) is 0 Å². The van der Waals surface area contributed by atoms with Gasteiger partial charge in [0.2, 0.25) is 0 Å². The number of ether oxygens (including phenoxy) is 2. The van der Waals surface area contributed by atoms with Gasteiger partial charge >= 0.3 is 11.9 Å². The summed E-state index contributed by atoms with van der Waals surface area (Å²) in [5.41, 5.74) is 1.83. The molecule has 0 unspecified atom stereocenters. The van der Waals surface area contributed by atoms with E-state index in [2.05, 4.69) is 21.9 Å². The Morgan fingerprint density at radius 1 is 1.26 bits per heavy atom. The summed E-state index contributed by atoms with van der Waals surface area (Å²) in [4.78, 5) is 45.0. The van der Waals surface area contributed by atoms with Crippen molar-refractivity contribution in [3.63, 3.8) is 0 Å². The monoisotopic (exact) mass is 441 g/mol. The molecule has 3 rings (SSSR count). The van der Waals surface area contributed by atoms with Crippen molar-refractivity contribution in [3.8, 4) is 0 Å². The van der Waals surface area contributed by atoms with Gasteiger partial charge < -0.3 is 19.8 Å². The lowest BCUT2D eigenvalue weighted by atomic mass is 9.82. The van der Waals surface area contributed by atoms with Crippen LogP contribution in [0.1, 0.15) is 41.3 Å². The van der Waals surface area contributed by atoms with Crippen molar-refractivity contribution in [2.24, 2.45) is 0 Å². The molecule has 2 N–H and O–H groups in total. The average Bonchev–Trinajstić information content (AvgIpc) is 2.76. The molecule has 0 saturated carbocycles. The number of thioether (sulfide) groups is 1. The average molecular weight is 442 g/mol. The van der Waals surface area contributed by atoms with Crippen LogP contribution >= 0.6 is 11.8 Å². The number of carbonyl (C=O) groups is 2. The quantitative estimate of drug-likeness (QED) is 0.292. The van der Waals surface area contributed by atoms with Crippen LogP contribution in [-0.4, -0.2) is 41.4 Å². The molecule has 0 fully saturated rings. The lowest BCUT2D eigenvalue weighted by Crippen LogP contribution is -2.31. The number of aromatic nitrogens is 2. The maximum Gasteiger partial charge on any atom is 0.337 e. The fourth-order valence-corrected chi connectivity index (χ4v) is 3.98. The normalized spacial score (nSPS) is 15.0. The van der Waals surface area contributed by atoms with Crippen molar-refractivity contribution in [2.75, 3.05) is 24.8 Å². The van der Waals surface area contributed by atoms with Gasteiger partial charge in [0, 0.05) is 11.4 Å². The topological polar surface area (TPSA) is 110 Å². The van der Waals surface area contributed by atoms with Crippen molar-refractivity contribution >= 4 is 29.5 Å². The van der Waals surface area contributed by atoms with Gasteiger partial charge in [-0.1, -0.05) is 30.0 Å². The van der Waals surface area contributed by atoms with Crippen LogP contribution < -0.4 is 10.9 Å². The zero-order chi connectivity index (χ0) is 22.5. The summed E-state index contributed by atoms with van der Waals surface area (Å²) in [5, 5.41) is 3.53. The third kappa shape index (κ3) is 4.56. The molecule has 0 radical (unpaired) electrons. The summed E-state index contributed by atoms with van der Waals surface area (Å²) < 4.78 is 10.00. The standard InChI is InChI=1S/C22H23N3O5S/c1-5-11-31-22-24-18-17(19(26)25-22)16(15(12(3)23-18)21(28)30-6-2)13-7-9-14(10-8-13)20(27)29-4/h5,7-10,16H,1,6,11H2,2-4H3,(H2,23,24,25,26)/t16-/m0/s1. The number of nitrogens with one attached hydrogen (secondary N) is 2. The number of nitrogens with zero attached hydrogens (tertiary/aromatic N) is 1.